The monoisotopic (exact) mass is 447 g/mol. The molecule has 1 atom stereocenters. The van der Waals surface area contributed by atoms with Gasteiger partial charge in [0.25, 0.3) is 5.56 Å². The molecular formula is C23H26ClNO4S. The van der Waals surface area contributed by atoms with E-state index in [9.17, 15) is 18.0 Å². The summed E-state index contributed by atoms with van der Waals surface area (Å²) in [7, 11) is -3.45. The number of carbonyl (C=O) groups excluding carboxylic acids is 1. The van der Waals surface area contributed by atoms with Gasteiger partial charge in [0.2, 0.25) is 0 Å². The molecule has 0 aliphatic heterocycles. The molecule has 0 saturated heterocycles. The summed E-state index contributed by atoms with van der Waals surface area (Å²) in [6.07, 6.45) is 5.96. The van der Waals surface area contributed by atoms with Crippen LogP contribution in [0.4, 0.5) is 0 Å². The van der Waals surface area contributed by atoms with Crippen LogP contribution in [0.3, 0.4) is 0 Å². The second-order valence-electron chi connectivity index (χ2n) is 8.00. The first-order valence-corrected chi connectivity index (χ1v) is 12.3. The number of sulfone groups is 1. The predicted molar refractivity (Wildman–Crippen MR) is 120 cm³/mol. The van der Waals surface area contributed by atoms with E-state index in [0.717, 1.165) is 24.7 Å². The highest BCUT2D eigenvalue weighted by Gasteiger charge is 2.26. The molecule has 0 bridgehead atoms. The number of ketones is 1. The smallest absolute Gasteiger partial charge is 0.251 e. The zero-order chi connectivity index (χ0) is 22.1. The van der Waals surface area contributed by atoms with Crippen molar-refractivity contribution in [2.45, 2.75) is 50.3 Å². The van der Waals surface area contributed by atoms with Gasteiger partial charge in [-0.25, -0.2) is 8.42 Å². The van der Waals surface area contributed by atoms with Crippen LogP contribution in [0.25, 0.3) is 5.57 Å². The van der Waals surface area contributed by atoms with Crippen LogP contribution in [-0.4, -0.2) is 25.4 Å². The van der Waals surface area contributed by atoms with Crippen molar-refractivity contribution in [2.24, 2.45) is 5.92 Å². The Balaban J connectivity index is 2.08. The molecule has 7 heteroatoms. The van der Waals surface area contributed by atoms with Gasteiger partial charge >= 0.3 is 0 Å². The maximum absolute atomic E-state index is 12.6. The van der Waals surface area contributed by atoms with Gasteiger partial charge in [0, 0.05) is 35.9 Å². The van der Waals surface area contributed by atoms with Gasteiger partial charge in [0.1, 0.15) is 5.78 Å². The van der Waals surface area contributed by atoms with E-state index in [4.69, 9.17) is 11.6 Å². The first-order valence-electron chi connectivity index (χ1n) is 10.1. The lowest BCUT2D eigenvalue weighted by atomic mass is 9.94. The summed E-state index contributed by atoms with van der Waals surface area (Å²) in [5.74, 6) is 0.424. The molecule has 0 unspecified atom stereocenters. The molecule has 0 radical (unpaired) electrons. The van der Waals surface area contributed by atoms with Crippen LogP contribution >= 0.6 is 11.6 Å². The van der Waals surface area contributed by atoms with Gasteiger partial charge in [-0.1, -0.05) is 43.7 Å². The average Bonchev–Trinajstić information content (AvgIpc) is 3.49. The van der Waals surface area contributed by atoms with E-state index in [1.165, 1.54) is 6.07 Å². The molecule has 1 fully saturated rings. The molecule has 2 aromatic rings. The largest absolute Gasteiger partial charge is 0.322 e. The van der Waals surface area contributed by atoms with Gasteiger partial charge in [-0.05, 0) is 48.4 Å². The number of benzene rings is 1. The van der Waals surface area contributed by atoms with E-state index in [2.05, 4.69) is 4.98 Å². The van der Waals surface area contributed by atoms with Gasteiger partial charge in [0.15, 0.2) is 9.84 Å². The van der Waals surface area contributed by atoms with E-state index < -0.39 is 9.84 Å². The fraction of sp³-hybridized carbons (Fsp3) is 0.391. The molecule has 1 aromatic carbocycles. The van der Waals surface area contributed by atoms with Crippen LogP contribution in [0.2, 0.25) is 5.02 Å². The Morgan fingerprint density at radius 2 is 1.97 bits per heavy atom. The van der Waals surface area contributed by atoms with Crippen LogP contribution in [0.5, 0.6) is 0 Å². The summed E-state index contributed by atoms with van der Waals surface area (Å²) in [6.45, 7) is 3.77. The second kappa shape index (κ2) is 8.90. The number of rotatable bonds is 8. The molecule has 1 saturated carbocycles. The molecule has 1 aromatic heterocycles. The number of pyridine rings is 1. The minimum absolute atomic E-state index is 0.0547. The standard InChI is InChI=1S/C23H26ClNO4S/c1-4-17(26)11-14(2)12-19(16-7-10-22(20(24)13-16)30(3,28)29)21-9-8-18(15-5-6-15)23(27)25-21/h7-10,12-15H,4-6,11H2,1-3H3,(H,25,27)/b19-12+/t14-/m0/s1. The maximum Gasteiger partial charge on any atom is 0.251 e. The SMILES string of the molecule is CCC(=O)C[C@H](C)/C=C(\c1ccc(S(C)(=O)=O)c(Cl)c1)c1ccc(C2CC2)c(=O)[nH]1. The third kappa shape index (κ3) is 5.29. The third-order valence-electron chi connectivity index (χ3n) is 5.28. The Bertz CT molecular complexity index is 1160. The number of H-pyrrole nitrogens is 1. The molecule has 0 amide bonds. The first-order chi connectivity index (χ1) is 14.1. The lowest BCUT2D eigenvalue weighted by Crippen LogP contribution is -2.14. The zero-order valence-electron chi connectivity index (χ0n) is 17.4. The second-order valence-corrected chi connectivity index (χ2v) is 10.4. The number of carbonyl (C=O) groups is 1. The summed E-state index contributed by atoms with van der Waals surface area (Å²) in [5, 5.41) is 0.120. The summed E-state index contributed by atoms with van der Waals surface area (Å²) in [5.41, 5.74) is 2.68. The number of Topliss-reactive ketones (excluding diaryl/α,β-unsaturated/α-hetero) is 1. The Kier molecular flexibility index (Phi) is 6.68. The molecule has 1 aliphatic rings. The number of nitrogens with one attached hydrogen (secondary N) is 1. The maximum atomic E-state index is 12.6. The van der Waals surface area contributed by atoms with Crippen molar-refractivity contribution in [2.75, 3.05) is 6.26 Å². The quantitative estimate of drug-likeness (QED) is 0.633. The fourth-order valence-corrected chi connectivity index (χ4v) is 4.84. The van der Waals surface area contributed by atoms with Crippen molar-refractivity contribution in [3.05, 3.63) is 68.6 Å². The highest BCUT2D eigenvalue weighted by Crippen LogP contribution is 2.38. The van der Waals surface area contributed by atoms with E-state index in [0.29, 0.717) is 35.6 Å². The van der Waals surface area contributed by atoms with Crippen molar-refractivity contribution in [3.63, 3.8) is 0 Å². The summed E-state index contributed by atoms with van der Waals surface area (Å²) in [4.78, 5) is 27.5. The molecular weight excluding hydrogens is 422 g/mol. The van der Waals surface area contributed by atoms with Crippen molar-refractivity contribution in [1.82, 2.24) is 4.98 Å². The van der Waals surface area contributed by atoms with E-state index in [1.807, 2.05) is 32.1 Å². The summed E-state index contributed by atoms with van der Waals surface area (Å²) < 4.78 is 23.8. The molecule has 30 heavy (non-hydrogen) atoms. The number of aromatic amines is 1. The van der Waals surface area contributed by atoms with E-state index in [1.54, 1.807) is 12.1 Å². The molecule has 5 nitrogen and oxygen atoms in total. The number of hydrogen-bond donors (Lipinski definition) is 1. The van der Waals surface area contributed by atoms with Crippen LogP contribution in [0.1, 0.15) is 62.3 Å². The van der Waals surface area contributed by atoms with Crippen LogP contribution in [0.15, 0.2) is 46.1 Å². The van der Waals surface area contributed by atoms with Gasteiger partial charge < -0.3 is 4.98 Å². The highest BCUT2D eigenvalue weighted by atomic mass is 35.5. The number of allylic oxidation sites excluding steroid dienone is 1. The molecule has 0 spiro atoms. The molecule has 3 rings (SSSR count). The van der Waals surface area contributed by atoms with Crippen LogP contribution in [0, 0.1) is 5.92 Å². The Morgan fingerprint density at radius 1 is 1.27 bits per heavy atom. The van der Waals surface area contributed by atoms with Gasteiger partial charge in [-0.2, -0.15) is 0 Å². The molecule has 1 N–H and O–H groups in total. The molecule has 1 heterocycles. The van der Waals surface area contributed by atoms with Crippen molar-refractivity contribution in [1.29, 1.82) is 0 Å². The lowest BCUT2D eigenvalue weighted by Gasteiger charge is -2.14. The molecule has 160 valence electrons. The normalized spacial score (nSPS) is 15.8. The minimum atomic E-state index is -3.45. The topological polar surface area (TPSA) is 84.1 Å². The van der Waals surface area contributed by atoms with Crippen molar-refractivity contribution < 1.29 is 13.2 Å². The van der Waals surface area contributed by atoms with Gasteiger partial charge in [0.05, 0.1) is 9.92 Å². The van der Waals surface area contributed by atoms with Crippen molar-refractivity contribution in [3.8, 4) is 0 Å². The fourth-order valence-electron chi connectivity index (χ4n) is 3.52. The Labute approximate surface area is 182 Å². The number of hydrogen-bond acceptors (Lipinski definition) is 4. The number of aromatic nitrogens is 1. The van der Waals surface area contributed by atoms with Gasteiger partial charge in [-0.15, -0.1) is 0 Å². The molecule has 1 aliphatic carbocycles. The summed E-state index contributed by atoms with van der Waals surface area (Å²) in [6, 6.07) is 8.46. The first kappa shape index (κ1) is 22.5. The predicted octanol–water partition coefficient (Wildman–Crippen LogP) is 4.75. The van der Waals surface area contributed by atoms with Gasteiger partial charge in [-0.3, -0.25) is 9.59 Å². The zero-order valence-corrected chi connectivity index (χ0v) is 18.9. The van der Waals surface area contributed by atoms with Crippen LogP contribution < -0.4 is 5.56 Å². The van der Waals surface area contributed by atoms with E-state index >= 15 is 0 Å². The lowest BCUT2D eigenvalue weighted by molar-refractivity contribution is -0.119. The number of halogens is 1. The Morgan fingerprint density at radius 3 is 2.50 bits per heavy atom. The third-order valence-corrected chi connectivity index (χ3v) is 6.86. The Hall–Kier alpha value is -2.18. The van der Waals surface area contributed by atoms with Crippen molar-refractivity contribution >= 4 is 32.8 Å². The highest BCUT2D eigenvalue weighted by molar-refractivity contribution is 7.90. The minimum Gasteiger partial charge on any atom is -0.322 e. The van der Waals surface area contributed by atoms with E-state index in [-0.39, 0.29) is 27.2 Å². The average molecular weight is 448 g/mol. The van der Waals surface area contributed by atoms with Crippen LogP contribution in [-0.2, 0) is 14.6 Å². The summed E-state index contributed by atoms with van der Waals surface area (Å²) >= 11 is 6.26.